The number of anilines is 2. The monoisotopic (exact) mass is 401 g/mol. The van der Waals surface area contributed by atoms with Crippen LogP contribution in [0.1, 0.15) is 20.7 Å². The Hall–Kier alpha value is -3.26. The Balaban J connectivity index is 2.27. The van der Waals surface area contributed by atoms with E-state index < -0.39 is 0 Å². The van der Waals surface area contributed by atoms with Gasteiger partial charge in [0, 0.05) is 50.8 Å². The molecule has 0 atom stereocenters. The molecule has 0 bridgehead atoms. The van der Waals surface area contributed by atoms with Crippen molar-refractivity contribution in [3.8, 4) is 11.5 Å². The number of nitrogens with one attached hydrogen (secondary N) is 2. The zero-order valence-electron chi connectivity index (χ0n) is 17.4. The zero-order chi connectivity index (χ0) is 21.4. The maximum Gasteiger partial charge on any atom is 0.255 e. The summed E-state index contributed by atoms with van der Waals surface area (Å²) in [5.41, 5.74) is 2.07. The molecule has 2 amide bonds. The first-order chi connectivity index (χ1) is 13.9. The summed E-state index contributed by atoms with van der Waals surface area (Å²) in [7, 11) is 8.31. The van der Waals surface area contributed by atoms with Crippen LogP contribution in [0.15, 0.2) is 36.4 Å². The van der Waals surface area contributed by atoms with Crippen LogP contribution in [0.25, 0.3) is 0 Å². The van der Waals surface area contributed by atoms with Gasteiger partial charge in [0.1, 0.15) is 11.5 Å². The number of rotatable bonds is 9. The van der Waals surface area contributed by atoms with Crippen molar-refractivity contribution in [1.82, 2.24) is 5.32 Å². The summed E-state index contributed by atoms with van der Waals surface area (Å²) < 4.78 is 15.4. The molecule has 0 heterocycles. The third-order valence-corrected chi connectivity index (χ3v) is 4.19. The molecule has 0 spiro atoms. The predicted molar refractivity (Wildman–Crippen MR) is 112 cm³/mol. The Kier molecular flexibility index (Phi) is 7.85. The highest BCUT2D eigenvalue weighted by Crippen LogP contribution is 2.25. The summed E-state index contributed by atoms with van der Waals surface area (Å²) in [6.07, 6.45) is 0. The molecule has 0 aromatic heterocycles. The quantitative estimate of drug-likeness (QED) is 0.628. The summed E-state index contributed by atoms with van der Waals surface area (Å²) in [5.74, 6) is 0.432. The van der Waals surface area contributed by atoms with Gasteiger partial charge in [0.15, 0.2) is 0 Å². The molecule has 2 N–H and O–H groups in total. The summed E-state index contributed by atoms with van der Waals surface area (Å²) in [5, 5.41) is 5.62. The SMILES string of the molecule is COCCNC(=O)c1cc(NC(=O)c2cc(OC)cc(OC)c2)ccc1N(C)C. The second-order valence-electron chi connectivity index (χ2n) is 6.43. The van der Waals surface area contributed by atoms with Gasteiger partial charge in [0.05, 0.1) is 26.4 Å². The number of hydrogen-bond acceptors (Lipinski definition) is 6. The van der Waals surface area contributed by atoms with Gasteiger partial charge < -0.3 is 29.7 Å². The van der Waals surface area contributed by atoms with Gasteiger partial charge in [-0.2, -0.15) is 0 Å². The average Bonchev–Trinajstić information content (AvgIpc) is 2.73. The topological polar surface area (TPSA) is 89.1 Å². The highest BCUT2D eigenvalue weighted by Gasteiger charge is 2.16. The molecule has 0 aliphatic carbocycles. The highest BCUT2D eigenvalue weighted by molar-refractivity contribution is 6.06. The first kappa shape index (κ1) is 22.0. The summed E-state index contributed by atoms with van der Waals surface area (Å²) in [6.45, 7) is 0.805. The standard InChI is InChI=1S/C21H27N3O5/c1-24(2)19-7-6-15(12-18(19)21(26)22-8-9-27-3)23-20(25)14-10-16(28-4)13-17(11-14)29-5/h6-7,10-13H,8-9H2,1-5H3,(H,22,26)(H,23,25). The summed E-state index contributed by atoms with van der Waals surface area (Å²) >= 11 is 0. The lowest BCUT2D eigenvalue weighted by molar-refractivity contribution is 0.0936. The smallest absolute Gasteiger partial charge is 0.255 e. The zero-order valence-corrected chi connectivity index (χ0v) is 17.4. The number of amides is 2. The fraction of sp³-hybridized carbons (Fsp3) is 0.333. The molecular formula is C21H27N3O5. The molecular weight excluding hydrogens is 374 g/mol. The van der Waals surface area contributed by atoms with Gasteiger partial charge >= 0.3 is 0 Å². The average molecular weight is 401 g/mol. The Morgan fingerprint density at radius 3 is 2.14 bits per heavy atom. The van der Waals surface area contributed by atoms with Gasteiger partial charge in [0.25, 0.3) is 11.8 Å². The molecule has 8 nitrogen and oxygen atoms in total. The Bertz CT molecular complexity index is 845. The molecule has 0 aliphatic heterocycles. The van der Waals surface area contributed by atoms with Crippen LogP contribution in [-0.2, 0) is 4.74 Å². The van der Waals surface area contributed by atoms with Crippen molar-refractivity contribution in [3.05, 3.63) is 47.5 Å². The maximum absolute atomic E-state index is 12.7. The number of ether oxygens (including phenoxy) is 3. The first-order valence-electron chi connectivity index (χ1n) is 9.02. The molecule has 2 rings (SSSR count). The van der Waals surface area contributed by atoms with E-state index in [9.17, 15) is 9.59 Å². The lowest BCUT2D eigenvalue weighted by Gasteiger charge is -2.18. The van der Waals surface area contributed by atoms with Crippen molar-refractivity contribution < 1.29 is 23.8 Å². The fourth-order valence-electron chi connectivity index (χ4n) is 2.69. The molecule has 29 heavy (non-hydrogen) atoms. The first-order valence-corrected chi connectivity index (χ1v) is 9.02. The number of nitrogens with zero attached hydrogens (tertiary/aromatic N) is 1. The largest absolute Gasteiger partial charge is 0.497 e. The Morgan fingerprint density at radius 1 is 0.931 bits per heavy atom. The van der Waals surface area contributed by atoms with Crippen molar-refractivity contribution >= 4 is 23.2 Å². The van der Waals surface area contributed by atoms with Crippen molar-refractivity contribution in [2.45, 2.75) is 0 Å². The molecule has 0 aliphatic rings. The third kappa shape index (κ3) is 5.86. The minimum atomic E-state index is -0.342. The van der Waals surface area contributed by atoms with E-state index in [-0.39, 0.29) is 11.8 Å². The lowest BCUT2D eigenvalue weighted by atomic mass is 10.1. The van der Waals surface area contributed by atoms with Crippen molar-refractivity contribution in [3.63, 3.8) is 0 Å². The molecule has 0 fully saturated rings. The van der Waals surface area contributed by atoms with E-state index in [0.29, 0.717) is 41.5 Å². The van der Waals surface area contributed by atoms with Crippen LogP contribution >= 0.6 is 0 Å². The molecule has 2 aromatic rings. The third-order valence-electron chi connectivity index (χ3n) is 4.19. The van der Waals surface area contributed by atoms with E-state index in [1.165, 1.54) is 14.2 Å². The minimum absolute atomic E-state index is 0.245. The minimum Gasteiger partial charge on any atom is -0.497 e. The van der Waals surface area contributed by atoms with Crippen molar-refractivity contribution in [1.29, 1.82) is 0 Å². The molecule has 2 aromatic carbocycles. The van der Waals surface area contributed by atoms with Gasteiger partial charge in [-0.3, -0.25) is 9.59 Å². The predicted octanol–water partition coefficient (Wildman–Crippen LogP) is 2.40. The highest BCUT2D eigenvalue weighted by atomic mass is 16.5. The molecule has 8 heteroatoms. The second-order valence-corrected chi connectivity index (χ2v) is 6.43. The van der Waals surface area contributed by atoms with Crippen LogP contribution in [0, 0.1) is 0 Å². The normalized spacial score (nSPS) is 10.2. The van der Waals surface area contributed by atoms with Gasteiger partial charge in [-0.25, -0.2) is 0 Å². The van der Waals surface area contributed by atoms with E-state index in [0.717, 1.165) is 5.69 Å². The number of hydrogen-bond donors (Lipinski definition) is 2. The number of benzene rings is 2. The van der Waals surface area contributed by atoms with E-state index >= 15 is 0 Å². The van der Waals surface area contributed by atoms with Crippen LogP contribution in [0.4, 0.5) is 11.4 Å². The molecule has 0 saturated heterocycles. The van der Waals surface area contributed by atoms with E-state index in [2.05, 4.69) is 10.6 Å². The fourth-order valence-corrected chi connectivity index (χ4v) is 2.69. The van der Waals surface area contributed by atoms with Gasteiger partial charge in [-0.1, -0.05) is 0 Å². The number of carbonyl (C=O) groups excluding carboxylic acids is 2. The van der Waals surface area contributed by atoms with Crippen LogP contribution in [0.5, 0.6) is 11.5 Å². The molecule has 0 saturated carbocycles. The molecule has 156 valence electrons. The van der Waals surface area contributed by atoms with E-state index in [1.54, 1.807) is 43.5 Å². The van der Waals surface area contributed by atoms with Gasteiger partial charge in [0.2, 0.25) is 0 Å². The summed E-state index contributed by atoms with van der Waals surface area (Å²) in [6, 6.07) is 10.1. The molecule has 0 unspecified atom stereocenters. The van der Waals surface area contributed by atoms with Crippen LogP contribution in [0.2, 0.25) is 0 Å². The lowest BCUT2D eigenvalue weighted by Crippen LogP contribution is -2.28. The number of methoxy groups -OCH3 is 3. The molecule has 0 radical (unpaired) electrons. The summed E-state index contributed by atoms with van der Waals surface area (Å²) in [4.78, 5) is 27.1. The van der Waals surface area contributed by atoms with Gasteiger partial charge in [-0.15, -0.1) is 0 Å². The Labute approximate surface area is 170 Å². The van der Waals surface area contributed by atoms with Crippen LogP contribution in [-0.4, -0.2) is 60.4 Å². The van der Waals surface area contributed by atoms with Gasteiger partial charge in [-0.05, 0) is 30.3 Å². The van der Waals surface area contributed by atoms with Crippen LogP contribution < -0.4 is 25.0 Å². The van der Waals surface area contributed by atoms with Crippen molar-refractivity contribution in [2.24, 2.45) is 0 Å². The van der Waals surface area contributed by atoms with Crippen molar-refractivity contribution in [2.75, 3.05) is 58.8 Å². The maximum atomic E-state index is 12.7. The Morgan fingerprint density at radius 2 is 1.59 bits per heavy atom. The van der Waals surface area contributed by atoms with E-state index in [1.807, 2.05) is 19.0 Å². The van der Waals surface area contributed by atoms with E-state index in [4.69, 9.17) is 14.2 Å². The van der Waals surface area contributed by atoms with Crippen LogP contribution in [0.3, 0.4) is 0 Å². The number of carbonyl (C=O) groups is 2. The second kappa shape index (κ2) is 10.3.